The van der Waals surface area contributed by atoms with E-state index in [2.05, 4.69) is 18.1 Å². The molecular formula is C20H18ClN3OS3. The molecule has 2 atom stereocenters. The lowest BCUT2D eigenvalue weighted by Gasteiger charge is -2.25. The van der Waals surface area contributed by atoms with Crippen LogP contribution in [0.25, 0.3) is 5.69 Å². The Morgan fingerprint density at radius 3 is 2.75 bits per heavy atom. The second-order valence-electron chi connectivity index (χ2n) is 6.67. The third-order valence-electron chi connectivity index (χ3n) is 4.67. The van der Waals surface area contributed by atoms with E-state index in [0.717, 1.165) is 22.1 Å². The molecule has 1 amide bonds. The maximum Gasteiger partial charge on any atom is 0.240 e. The van der Waals surface area contributed by atoms with Gasteiger partial charge < -0.3 is 4.90 Å². The minimum absolute atomic E-state index is 0.0987. The molecule has 4 rings (SSSR count). The Kier molecular flexibility index (Phi) is 5.60. The lowest BCUT2D eigenvalue weighted by Crippen LogP contribution is -2.40. The second kappa shape index (κ2) is 7.99. The van der Waals surface area contributed by atoms with Crippen LogP contribution >= 0.6 is 46.9 Å². The molecule has 8 heteroatoms. The zero-order valence-electron chi connectivity index (χ0n) is 15.3. The van der Waals surface area contributed by atoms with Crippen molar-refractivity contribution in [3.63, 3.8) is 0 Å². The molecule has 2 aromatic carbocycles. The zero-order chi connectivity index (χ0) is 19.8. The number of halogens is 1. The second-order valence-corrected chi connectivity index (χ2v) is 10.3. The largest absolute Gasteiger partial charge is 0.308 e. The molecule has 0 bridgehead atoms. The maximum absolute atomic E-state index is 13.2. The summed E-state index contributed by atoms with van der Waals surface area (Å²) < 4.78 is 3.13. The van der Waals surface area contributed by atoms with Crippen LogP contribution in [0.2, 0.25) is 5.02 Å². The molecule has 4 nitrogen and oxygen atoms in total. The predicted octanol–water partition coefficient (Wildman–Crippen LogP) is 5.78. The molecule has 1 aliphatic rings. The number of rotatable bonds is 4. The fourth-order valence-corrected chi connectivity index (χ4v) is 6.03. The minimum atomic E-state index is -0.257. The van der Waals surface area contributed by atoms with Crippen LogP contribution < -0.4 is 4.90 Å². The highest BCUT2D eigenvalue weighted by Gasteiger charge is 2.33. The third-order valence-corrected chi connectivity index (χ3v) is 7.33. The first kappa shape index (κ1) is 19.6. The Morgan fingerprint density at radius 1 is 1.29 bits per heavy atom. The van der Waals surface area contributed by atoms with Crippen molar-refractivity contribution in [3.05, 3.63) is 63.1 Å². The number of para-hydroxylation sites is 1. The first-order valence-corrected chi connectivity index (χ1v) is 11.4. The zero-order valence-corrected chi connectivity index (χ0v) is 18.5. The quantitative estimate of drug-likeness (QED) is 0.375. The van der Waals surface area contributed by atoms with Crippen LogP contribution in [0.4, 0.5) is 5.69 Å². The van der Waals surface area contributed by atoms with Crippen LogP contribution in [0.15, 0.2) is 52.9 Å². The van der Waals surface area contributed by atoms with Crippen molar-refractivity contribution in [2.75, 3.05) is 4.90 Å². The van der Waals surface area contributed by atoms with Crippen molar-refractivity contribution >= 4 is 58.5 Å². The molecule has 0 unspecified atom stereocenters. The number of aromatic nitrogens is 2. The van der Waals surface area contributed by atoms with E-state index in [1.807, 2.05) is 54.3 Å². The van der Waals surface area contributed by atoms with Crippen LogP contribution in [0.3, 0.4) is 0 Å². The lowest BCUT2D eigenvalue weighted by molar-refractivity contribution is -0.118. The molecule has 0 aliphatic carbocycles. The van der Waals surface area contributed by atoms with Gasteiger partial charge in [-0.05, 0) is 68.4 Å². The average molecular weight is 448 g/mol. The Labute approximate surface area is 182 Å². The summed E-state index contributed by atoms with van der Waals surface area (Å²) in [5, 5.41) is 5.01. The highest BCUT2D eigenvalue weighted by Crippen LogP contribution is 2.35. The van der Waals surface area contributed by atoms with Gasteiger partial charge >= 0.3 is 0 Å². The Hall–Kier alpha value is -1.67. The van der Waals surface area contributed by atoms with Crippen molar-refractivity contribution in [1.29, 1.82) is 0 Å². The van der Waals surface area contributed by atoms with E-state index in [-0.39, 0.29) is 17.2 Å². The van der Waals surface area contributed by atoms with Crippen molar-refractivity contribution in [2.24, 2.45) is 0 Å². The van der Waals surface area contributed by atoms with Gasteiger partial charge in [-0.15, -0.1) is 5.10 Å². The molecule has 1 aromatic heterocycles. The summed E-state index contributed by atoms with van der Waals surface area (Å²) in [5.41, 5.74) is 3.11. The standard InChI is InChI=1S/C20H18ClN3OS3/c1-12-11-14-5-3-4-6-17(14)23(12)18(25)13(2)27-19-22-24(20(26)28-19)16-9-7-15(21)8-10-16/h3-10,12-13H,11H2,1-2H3/t12-,13-/m1/s1. The van der Waals surface area contributed by atoms with Gasteiger partial charge in [0.1, 0.15) is 0 Å². The number of amides is 1. The molecule has 0 fully saturated rings. The first-order valence-electron chi connectivity index (χ1n) is 8.88. The molecule has 28 heavy (non-hydrogen) atoms. The summed E-state index contributed by atoms with van der Waals surface area (Å²) in [7, 11) is 0. The normalized spacial score (nSPS) is 16.8. The molecule has 0 saturated heterocycles. The van der Waals surface area contributed by atoms with Crippen molar-refractivity contribution < 1.29 is 4.79 Å². The Bertz CT molecular complexity index is 1080. The number of carbonyl (C=O) groups excluding carboxylic acids is 1. The van der Waals surface area contributed by atoms with Crippen LogP contribution in [0.1, 0.15) is 19.4 Å². The summed E-state index contributed by atoms with van der Waals surface area (Å²) >= 11 is 14.3. The highest BCUT2D eigenvalue weighted by atomic mass is 35.5. The van der Waals surface area contributed by atoms with Gasteiger partial charge in [0, 0.05) is 16.8 Å². The van der Waals surface area contributed by atoms with E-state index in [1.165, 1.54) is 28.7 Å². The molecule has 3 aromatic rings. The van der Waals surface area contributed by atoms with Gasteiger partial charge in [0.25, 0.3) is 0 Å². The molecule has 144 valence electrons. The molecule has 2 heterocycles. The minimum Gasteiger partial charge on any atom is -0.308 e. The topological polar surface area (TPSA) is 38.1 Å². The summed E-state index contributed by atoms with van der Waals surface area (Å²) in [6.07, 6.45) is 0.892. The number of hydrogen-bond acceptors (Lipinski definition) is 5. The molecule has 0 saturated carbocycles. The number of fused-ring (bicyclic) bond motifs is 1. The summed E-state index contributed by atoms with van der Waals surface area (Å²) in [4.78, 5) is 15.1. The van der Waals surface area contributed by atoms with Crippen LogP contribution in [0, 0.1) is 3.95 Å². The summed E-state index contributed by atoms with van der Waals surface area (Å²) in [5.74, 6) is 0.0987. The summed E-state index contributed by atoms with van der Waals surface area (Å²) in [6.45, 7) is 4.02. The Morgan fingerprint density at radius 2 is 2.00 bits per heavy atom. The fourth-order valence-electron chi connectivity index (χ4n) is 3.35. The average Bonchev–Trinajstić information content (AvgIpc) is 3.20. The lowest BCUT2D eigenvalue weighted by atomic mass is 10.1. The molecular weight excluding hydrogens is 430 g/mol. The fraction of sp³-hybridized carbons (Fsp3) is 0.250. The Balaban J connectivity index is 1.53. The van der Waals surface area contributed by atoms with Gasteiger partial charge in [0.15, 0.2) is 8.29 Å². The molecule has 1 aliphatic heterocycles. The smallest absolute Gasteiger partial charge is 0.240 e. The summed E-state index contributed by atoms with van der Waals surface area (Å²) in [6, 6.07) is 15.7. The van der Waals surface area contributed by atoms with E-state index >= 15 is 0 Å². The first-order chi connectivity index (χ1) is 13.4. The van der Waals surface area contributed by atoms with Gasteiger partial charge in [-0.2, -0.15) is 0 Å². The number of nitrogens with zero attached hydrogens (tertiary/aromatic N) is 3. The van der Waals surface area contributed by atoms with Crippen LogP contribution in [0.5, 0.6) is 0 Å². The molecule has 0 radical (unpaired) electrons. The van der Waals surface area contributed by atoms with E-state index in [9.17, 15) is 4.79 Å². The third kappa shape index (κ3) is 3.76. The van der Waals surface area contributed by atoms with Gasteiger partial charge in [0.2, 0.25) is 5.91 Å². The van der Waals surface area contributed by atoms with Gasteiger partial charge in [-0.3, -0.25) is 4.79 Å². The van der Waals surface area contributed by atoms with E-state index in [0.29, 0.717) is 8.98 Å². The predicted molar refractivity (Wildman–Crippen MR) is 120 cm³/mol. The number of anilines is 1. The van der Waals surface area contributed by atoms with Crippen LogP contribution in [-0.2, 0) is 11.2 Å². The van der Waals surface area contributed by atoms with E-state index in [4.69, 9.17) is 23.8 Å². The van der Waals surface area contributed by atoms with Crippen molar-refractivity contribution in [3.8, 4) is 5.69 Å². The maximum atomic E-state index is 13.2. The van der Waals surface area contributed by atoms with Crippen molar-refractivity contribution in [1.82, 2.24) is 9.78 Å². The molecule has 0 spiro atoms. The number of benzene rings is 2. The van der Waals surface area contributed by atoms with Crippen molar-refractivity contribution in [2.45, 2.75) is 35.9 Å². The SMILES string of the molecule is C[C@@H]1Cc2ccccc2N1C(=O)[C@@H](C)Sc1nn(-c2ccc(Cl)cc2)c(=S)s1. The van der Waals surface area contributed by atoms with Gasteiger partial charge in [0.05, 0.1) is 10.9 Å². The van der Waals surface area contributed by atoms with Gasteiger partial charge in [-0.25, -0.2) is 4.68 Å². The number of carbonyl (C=O) groups is 1. The molecule has 0 N–H and O–H groups in total. The highest BCUT2D eigenvalue weighted by molar-refractivity contribution is 8.02. The number of hydrogen-bond donors (Lipinski definition) is 0. The number of thioether (sulfide) groups is 1. The van der Waals surface area contributed by atoms with Crippen LogP contribution in [-0.4, -0.2) is 27.0 Å². The van der Waals surface area contributed by atoms with Gasteiger partial charge in [-0.1, -0.05) is 52.9 Å². The monoisotopic (exact) mass is 447 g/mol. The van der Waals surface area contributed by atoms with E-state index < -0.39 is 0 Å². The van der Waals surface area contributed by atoms with E-state index in [1.54, 1.807) is 4.68 Å².